The van der Waals surface area contributed by atoms with E-state index in [1.807, 2.05) is 26.0 Å². The summed E-state index contributed by atoms with van der Waals surface area (Å²) in [6, 6.07) is 4.08. The number of benzene rings is 1. The van der Waals surface area contributed by atoms with Crippen LogP contribution in [-0.4, -0.2) is 12.5 Å². The predicted octanol–water partition coefficient (Wildman–Crippen LogP) is 1.64. The van der Waals surface area contributed by atoms with E-state index in [-0.39, 0.29) is 12.5 Å². The summed E-state index contributed by atoms with van der Waals surface area (Å²) in [5.74, 6) is -0.128. The van der Waals surface area contributed by atoms with Gasteiger partial charge >= 0.3 is 0 Å². The van der Waals surface area contributed by atoms with Crippen molar-refractivity contribution in [1.29, 1.82) is 0 Å². The normalized spacial score (nSPS) is 10.1. The third-order valence-electron chi connectivity index (χ3n) is 2.31. The lowest BCUT2D eigenvalue weighted by molar-refractivity contribution is -0.119. The number of nitrogens with two attached hydrogens (primary N) is 1. The van der Waals surface area contributed by atoms with Gasteiger partial charge in [-0.15, -0.1) is 0 Å². The summed E-state index contributed by atoms with van der Waals surface area (Å²) in [4.78, 5) is 11.0. The van der Waals surface area contributed by atoms with Gasteiger partial charge in [0.15, 0.2) is 0 Å². The van der Waals surface area contributed by atoms with E-state index >= 15 is 0 Å². The van der Waals surface area contributed by atoms with Crippen LogP contribution in [0.5, 0.6) is 0 Å². The standard InChI is InChI=1S/C11H15BrN2O/c1-7-3-9(12)4-8(2)10(7)6-14-11(15)5-13/h3-4H,5-6,13H2,1-2H3,(H,14,15). The highest BCUT2D eigenvalue weighted by Gasteiger charge is 2.05. The highest BCUT2D eigenvalue weighted by Crippen LogP contribution is 2.20. The Kier molecular flexibility index (Phi) is 4.29. The molecule has 4 heteroatoms. The van der Waals surface area contributed by atoms with Crippen molar-refractivity contribution < 1.29 is 4.79 Å². The highest BCUT2D eigenvalue weighted by molar-refractivity contribution is 9.10. The topological polar surface area (TPSA) is 55.1 Å². The first-order valence-electron chi connectivity index (χ1n) is 4.77. The Morgan fingerprint density at radius 2 is 1.93 bits per heavy atom. The average Bonchev–Trinajstić information content (AvgIpc) is 2.15. The Morgan fingerprint density at radius 1 is 1.40 bits per heavy atom. The maximum Gasteiger partial charge on any atom is 0.234 e. The molecule has 1 aromatic rings. The Bertz CT molecular complexity index is 354. The quantitative estimate of drug-likeness (QED) is 0.878. The predicted molar refractivity (Wildman–Crippen MR) is 64.5 cm³/mol. The third kappa shape index (κ3) is 3.32. The van der Waals surface area contributed by atoms with Crippen LogP contribution >= 0.6 is 15.9 Å². The van der Waals surface area contributed by atoms with E-state index in [1.165, 1.54) is 11.1 Å². The van der Waals surface area contributed by atoms with E-state index < -0.39 is 0 Å². The van der Waals surface area contributed by atoms with Gasteiger partial charge in [0.05, 0.1) is 6.54 Å². The second-order valence-electron chi connectivity index (χ2n) is 3.50. The molecular formula is C11H15BrN2O. The molecule has 0 atom stereocenters. The van der Waals surface area contributed by atoms with Gasteiger partial charge in [0.25, 0.3) is 0 Å². The Hall–Kier alpha value is -0.870. The molecule has 0 unspecified atom stereocenters. The molecule has 0 bridgehead atoms. The molecule has 0 aliphatic carbocycles. The first-order valence-corrected chi connectivity index (χ1v) is 5.56. The molecule has 1 rings (SSSR count). The van der Waals surface area contributed by atoms with Crippen molar-refractivity contribution in [3.63, 3.8) is 0 Å². The monoisotopic (exact) mass is 270 g/mol. The van der Waals surface area contributed by atoms with E-state index in [0.717, 1.165) is 10.0 Å². The van der Waals surface area contributed by atoms with Crippen LogP contribution in [0.1, 0.15) is 16.7 Å². The van der Waals surface area contributed by atoms with Gasteiger partial charge in [-0.1, -0.05) is 15.9 Å². The second kappa shape index (κ2) is 5.28. The number of rotatable bonds is 3. The molecule has 0 saturated carbocycles. The van der Waals surface area contributed by atoms with Crippen molar-refractivity contribution >= 4 is 21.8 Å². The summed E-state index contributed by atoms with van der Waals surface area (Å²) in [5, 5.41) is 2.77. The number of nitrogens with one attached hydrogen (secondary N) is 1. The zero-order valence-electron chi connectivity index (χ0n) is 8.93. The van der Waals surface area contributed by atoms with Crippen molar-refractivity contribution in [1.82, 2.24) is 5.32 Å². The molecule has 0 aliphatic heterocycles. The minimum Gasteiger partial charge on any atom is -0.351 e. The van der Waals surface area contributed by atoms with Crippen LogP contribution in [0.4, 0.5) is 0 Å². The summed E-state index contributed by atoms with van der Waals surface area (Å²) in [6.07, 6.45) is 0. The molecule has 0 aromatic heterocycles. The number of halogens is 1. The molecule has 3 nitrogen and oxygen atoms in total. The van der Waals surface area contributed by atoms with Gasteiger partial charge in [-0.25, -0.2) is 0 Å². The lowest BCUT2D eigenvalue weighted by Crippen LogP contribution is -2.30. The molecule has 0 fully saturated rings. The smallest absolute Gasteiger partial charge is 0.234 e. The molecule has 0 aliphatic rings. The maximum absolute atomic E-state index is 11.0. The molecule has 0 heterocycles. The van der Waals surface area contributed by atoms with Gasteiger partial charge in [-0.05, 0) is 42.7 Å². The second-order valence-corrected chi connectivity index (χ2v) is 4.41. The largest absolute Gasteiger partial charge is 0.351 e. The van der Waals surface area contributed by atoms with Gasteiger partial charge in [0.1, 0.15) is 0 Å². The maximum atomic E-state index is 11.0. The molecule has 0 saturated heterocycles. The highest BCUT2D eigenvalue weighted by atomic mass is 79.9. The minimum atomic E-state index is -0.128. The van der Waals surface area contributed by atoms with E-state index in [0.29, 0.717) is 6.54 Å². The number of carbonyl (C=O) groups excluding carboxylic acids is 1. The van der Waals surface area contributed by atoms with E-state index in [4.69, 9.17) is 5.73 Å². The van der Waals surface area contributed by atoms with Crippen molar-refractivity contribution in [2.24, 2.45) is 5.73 Å². The molecule has 15 heavy (non-hydrogen) atoms. The Labute approximate surface area is 98.2 Å². The third-order valence-corrected chi connectivity index (χ3v) is 2.77. The van der Waals surface area contributed by atoms with Gasteiger partial charge in [-0.2, -0.15) is 0 Å². The van der Waals surface area contributed by atoms with E-state index in [2.05, 4.69) is 21.2 Å². The number of hydrogen-bond acceptors (Lipinski definition) is 2. The molecular weight excluding hydrogens is 256 g/mol. The summed E-state index contributed by atoms with van der Waals surface area (Å²) < 4.78 is 1.06. The molecule has 82 valence electrons. The summed E-state index contributed by atoms with van der Waals surface area (Å²) in [5.41, 5.74) is 8.70. The summed E-state index contributed by atoms with van der Waals surface area (Å²) in [7, 11) is 0. The Morgan fingerprint density at radius 3 is 2.40 bits per heavy atom. The first kappa shape index (κ1) is 12.2. The van der Waals surface area contributed by atoms with Crippen molar-refractivity contribution in [2.45, 2.75) is 20.4 Å². The van der Waals surface area contributed by atoms with Crippen LogP contribution in [0.3, 0.4) is 0 Å². The van der Waals surface area contributed by atoms with E-state index in [9.17, 15) is 4.79 Å². The molecule has 1 aromatic carbocycles. The molecule has 0 radical (unpaired) electrons. The molecule has 1 amide bonds. The number of carbonyl (C=O) groups is 1. The van der Waals surface area contributed by atoms with Crippen molar-refractivity contribution in [2.75, 3.05) is 6.54 Å². The lowest BCUT2D eigenvalue weighted by atomic mass is 10.0. The average molecular weight is 271 g/mol. The van der Waals surface area contributed by atoms with Gasteiger partial charge in [0.2, 0.25) is 5.91 Å². The summed E-state index contributed by atoms with van der Waals surface area (Å²) in [6.45, 7) is 4.64. The fraction of sp³-hybridized carbons (Fsp3) is 0.364. The van der Waals surface area contributed by atoms with Gasteiger partial charge < -0.3 is 11.1 Å². The van der Waals surface area contributed by atoms with Crippen LogP contribution in [0.15, 0.2) is 16.6 Å². The number of amides is 1. The van der Waals surface area contributed by atoms with Crippen molar-refractivity contribution in [3.05, 3.63) is 33.3 Å². The SMILES string of the molecule is Cc1cc(Br)cc(C)c1CNC(=O)CN. The van der Waals surface area contributed by atoms with E-state index in [1.54, 1.807) is 0 Å². The number of hydrogen-bond donors (Lipinski definition) is 2. The van der Waals surface area contributed by atoms with Gasteiger partial charge in [0, 0.05) is 11.0 Å². The fourth-order valence-electron chi connectivity index (χ4n) is 1.48. The van der Waals surface area contributed by atoms with Crippen LogP contribution in [0.2, 0.25) is 0 Å². The molecule has 0 spiro atoms. The summed E-state index contributed by atoms with van der Waals surface area (Å²) >= 11 is 3.43. The first-order chi connectivity index (χ1) is 7.04. The zero-order chi connectivity index (χ0) is 11.4. The number of aryl methyl sites for hydroxylation is 2. The van der Waals surface area contributed by atoms with Crippen LogP contribution in [0.25, 0.3) is 0 Å². The molecule has 3 N–H and O–H groups in total. The Balaban J connectivity index is 2.81. The lowest BCUT2D eigenvalue weighted by Gasteiger charge is -2.11. The fourth-order valence-corrected chi connectivity index (χ4v) is 2.17. The zero-order valence-corrected chi connectivity index (χ0v) is 10.5. The van der Waals surface area contributed by atoms with Crippen molar-refractivity contribution in [3.8, 4) is 0 Å². The van der Waals surface area contributed by atoms with Gasteiger partial charge in [-0.3, -0.25) is 4.79 Å². The van der Waals surface area contributed by atoms with Crippen LogP contribution < -0.4 is 11.1 Å². The minimum absolute atomic E-state index is 0.0363. The van der Waals surface area contributed by atoms with Crippen LogP contribution in [0, 0.1) is 13.8 Å². The van der Waals surface area contributed by atoms with Crippen LogP contribution in [-0.2, 0) is 11.3 Å².